The summed E-state index contributed by atoms with van der Waals surface area (Å²) in [7, 11) is 0. The first kappa shape index (κ1) is 20.6. The quantitative estimate of drug-likeness (QED) is 0.334. The zero-order valence-electron chi connectivity index (χ0n) is 17.1. The third kappa shape index (κ3) is 4.39. The van der Waals surface area contributed by atoms with Gasteiger partial charge in [0.15, 0.2) is 11.0 Å². The normalized spacial score (nSPS) is 11.2. The Morgan fingerprint density at radius 2 is 2.00 bits per heavy atom. The molecule has 30 heavy (non-hydrogen) atoms. The monoisotopic (exact) mass is 437 g/mol. The van der Waals surface area contributed by atoms with Gasteiger partial charge in [0.2, 0.25) is 0 Å². The van der Waals surface area contributed by atoms with Crippen LogP contribution in [0.3, 0.4) is 0 Å². The molecule has 0 saturated carbocycles. The lowest BCUT2D eigenvalue weighted by molar-refractivity contribution is 0.338. The molecule has 0 amide bonds. The van der Waals surface area contributed by atoms with Crippen LogP contribution in [0.15, 0.2) is 59.3 Å². The summed E-state index contributed by atoms with van der Waals surface area (Å²) in [6.07, 6.45) is 3.55. The molecule has 0 spiro atoms. The van der Waals surface area contributed by atoms with Crippen molar-refractivity contribution in [1.29, 1.82) is 0 Å². The molecular formula is C22H23N5OS2. The van der Waals surface area contributed by atoms with Crippen LogP contribution in [0.5, 0.6) is 5.75 Å². The van der Waals surface area contributed by atoms with E-state index < -0.39 is 0 Å². The van der Waals surface area contributed by atoms with Gasteiger partial charge < -0.3 is 4.74 Å². The summed E-state index contributed by atoms with van der Waals surface area (Å²) in [6.45, 7) is 6.89. The number of para-hydroxylation sites is 2. The molecule has 4 rings (SSSR count). The van der Waals surface area contributed by atoms with Gasteiger partial charge in [0.05, 0.1) is 23.0 Å². The smallest absolute Gasteiger partial charge is 0.196 e. The van der Waals surface area contributed by atoms with Gasteiger partial charge in [-0.2, -0.15) is 0 Å². The summed E-state index contributed by atoms with van der Waals surface area (Å²) in [6, 6.07) is 11.8. The van der Waals surface area contributed by atoms with Gasteiger partial charge in [-0.3, -0.25) is 9.55 Å². The molecule has 0 radical (unpaired) electrons. The van der Waals surface area contributed by atoms with E-state index in [1.54, 1.807) is 35.5 Å². The number of ether oxygens (including phenoxy) is 1. The first-order valence-corrected chi connectivity index (χ1v) is 11.7. The zero-order valence-corrected chi connectivity index (χ0v) is 18.8. The summed E-state index contributed by atoms with van der Waals surface area (Å²) in [4.78, 5) is 8.99. The zero-order chi connectivity index (χ0) is 20.9. The fraction of sp³-hybridized carbons (Fsp3) is 0.273. The third-order valence-electron chi connectivity index (χ3n) is 4.37. The molecule has 0 bridgehead atoms. The van der Waals surface area contributed by atoms with Crippen molar-refractivity contribution >= 4 is 23.1 Å². The third-order valence-corrected chi connectivity index (χ3v) is 6.53. The van der Waals surface area contributed by atoms with Gasteiger partial charge in [0, 0.05) is 35.0 Å². The standard InChI is InChI=1S/C22H23N5OS2/c1-4-28-19-10-6-5-9-18(19)27-20(16-8-7-11-23-12-16)25-26-22(27)30-14-17-13-29-21(24-17)15(2)3/h5-13,15H,4,14H2,1-3H3. The number of thioether (sulfide) groups is 1. The first-order valence-electron chi connectivity index (χ1n) is 9.82. The molecular weight excluding hydrogens is 414 g/mol. The Balaban J connectivity index is 1.73. The van der Waals surface area contributed by atoms with Gasteiger partial charge in [0.25, 0.3) is 0 Å². The van der Waals surface area contributed by atoms with E-state index in [0.717, 1.165) is 44.4 Å². The van der Waals surface area contributed by atoms with Crippen LogP contribution in [0.25, 0.3) is 17.1 Å². The number of nitrogens with zero attached hydrogens (tertiary/aromatic N) is 5. The predicted molar refractivity (Wildman–Crippen MR) is 122 cm³/mol. The van der Waals surface area contributed by atoms with Gasteiger partial charge in [-0.15, -0.1) is 21.5 Å². The second-order valence-corrected chi connectivity index (χ2v) is 8.74. The molecule has 8 heteroatoms. The second kappa shape index (κ2) is 9.40. The Morgan fingerprint density at radius 1 is 1.13 bits per heavy atom. The minimum absolute atomic E-state index is 0.438. The highest BCUT2D eigenvalue weighted by Crippen LogP contribution is 2.34. The molecule has 154 valence electrons. The van der Waals surface area contributed by atoms with Crippen LogP contribution in [-0.2, 0) is 5.75 Å². The Kier molecular flexibility index (Phi) is 6.44. The number of hydrogen-bond donors (Lipinski definition) is 0. The van der Waals surface area contributed by atoms with Crippen LogP contribution in [0.4, 0.5) is 0 Å². The second-order valence-electron chi connectivity index (χ2n) is 6.90. The molecule has 4 aromatic rings. The van der Waals surface area contributed by atoms with E-state index in [9.17, 15) is 0 Å². The van der Waals surface area contributed by atoms with Crippen molar-refractivity contribution < 1.29 is 4.74 Å². The SMILES string of the molecule is CCOc1ccccc1-n1c(SCc2csc(C(C)C)n2)nnc1-c1cccnc1. The summed E-state index contributed by atoms with van der Waals surface area (Å²) in [5.41, 5.74) is 2.87. The highest BCUT2D eigenvalue weighted by Gasteiger charge is 2.19. The highest BCUT2D eigenvalue weighted by molar-refractivity contribution is 7.98. The van der Waals surface area contributed by atoms with Crippen molar-refractivity contribution in [1.82, 2.24) is 24.7 Å². The topological polar surface area (TPSA) is 65.7 Å². The molecule has 3 aromatic heterocycles. The lowest BCUT2D eigenvalue weighted by Gasteiger charge is -2.14. The average Bonchev–Trinajstić information content (AvgIpc) is 3.41. The fourth-order valence-electron chi connectivity index (χ4n) is 2.97. The molecule has 0 unspecified atom stereocenters. The molecule has 0 fully saturated rings. The maximum Gasteiger partial charge on any atom is 0.196 e. The minimum Gasteiger partial charge on any atom is -0.492 e. The van der Waals surface area contributed by atoms with Crippen molar-refractivity contribution in [2.75, 3.05) is 6.61 Å². The maximum atomic E-state index is 5.89. The lowest BCUT2D eigenvalue weighted by atomic mass is 10.2. The summed E-state index contributed by atoms with van der Waals surface area (Å²) >= 11 is 3.33. The first-order chi connectivity index (χ1) is 14.7. The minimum atomic E-state index is 0.438. The van der Waals surface area contributed by atoms with E-state index in [1.807, 2.05) is 47.9 Å². The van der Waals surface area contributed by atoms with Crippen molar-refractivity contribution in [3.8, 4) is 22.8 Å². The largest absolute Gasteiger partial charge is 0.492 e. The van der Waals surface area contributed by atoms with Crippen LogP contribution in [0.1, 0.15) is 37.4 Å². The van der Waals surface area contributed by atoms with Crippen LogP contribution < -0.4 is 4.74 Å². The Labute approximate surface area is 184 Å². The molecule has 0 N–H and O–H groups in total. The average molecular weight is 438 g/mol. The highest BCUT2D eigenvalue weighted by atomic mass is 32.2. The summed E-state index contributed by atoms with van der Waals surface area (Å²) in [5.74, 6) is 2.69. The molecule has 0 atom stereocenters. The predicted octanol–water partition coefficient (Wildman–Crippen LogP) is 5.60. The number of rotatable bonds is 8. The molecule has 1 aromatic carbocycles. The van der Waals surface area contributed by atoms with Crippen molar-refractivity contribution in [2.45, 2.75) is 37.6 Å². The van der Waals surface area contributed by atoms with Gasteiger partial charge in [0.1, 0.15) is 5.75 Å². The van der Waals surface area contributed by atoms with Crippen molar-refractivity contribution in [3.05, 3.63) is 64.9 Å². The summed E-state index contributed by atoms with van der Waals surface area (Å²) < 4.78 is 7.93. The Bertz CT molecular complexity index is 1110. The van der Waals surface area contributed by atoms with Crippen molar-refractivity contribution in [2.24, 2.45) is 0 Å². The Hall–Kier alpha value is -2.71. The molecule has 0 saturated heterocycles. The lowest BCUT2D eigenvalue weighted by Crippen LogP contribution is -2.04. The molecule has 0 aliphatic heterocycles. The van der Waals surface area contributed by atoms with E-state index in [4.69, 9.17) is 9.72 Å². The van der Waals surface area contributed by atoms with Gasteiger partial charge in [-0.25, -0.2) is 4.98 Å². The summed E-state index contributed by atoms with van der Waals surface area (Å²) in [5, 5.41) is 13.1. The number of aromatic nitrogens is 5. The van der Waals surface area contributed by atoms with E-state index in [-0.39, 0.29) is 0 Å². The maximum absolute atomic E-state index is 5.89. The van der Waals surface area contributed by atoms with Crippen LogP contribution in [0, 0.1) is 0 Å². The molecule has 0 aliphatic carbocycles. The number of pyridine rings is 1. The van der Waals surface area contributed by atoms with E-state index in [2.05, 4.69) is 34.4 Å². The van der Waals surface area contributed by atoms with Crippen LogP contribution in [-0.4, -0.2) is 31.3 Å². The van der Waals surface area contributed by atoms with Crippen molar-refractivity contribution in [3.63, 3.8) is 0 Å². The number of hydrogen-bond acceptors (Lipinski definition) is 7. The Morgan fingerprint density at radius 3 is 2.73 bits per heavy atom. The molecule has 0 aliphatic rings. The van der Waals surface area contributed by atoms with Gasteiger partial charge in [-0.05, 0) is 31.2 Å². The van der Waals surface area contributed by atoms with Gasteiger partial charge >= 0.3 is 0 Å². The van der Waals surface area contributed by atoms with E-state index in [1.165, 1.54) is 0 Å². The van der Waals surface area contributed by atoms with Gasteiger partial charge in [-0.1, -0.05) is 37.7 Å². The molecule has 3 heterocycles. The number of thiazole rings is 1. The van der Waals surface area contributed by atoms with E-state index in [0.29, 0.717) is 12.5 Å². The van der Waals surface area contributed by atoms with Crippen LogP contribution in [0.2, 0.25) is 0 Å². The fourth-order valence-corrected chi connectivity index (χ4v) is 4.75. The van der Waals surface area contributed by atoms with E-state index >= 15 is 0 Å². The van der Waals surface area contributed by atoms with Crippen LogP contribution >= 0.6 is 23.1 Å². The number of benzene rings is 1. The molecule has 6 nitrogen and oxygen atoms in total.